The fourth-order valence-electron chi connectivity index (χ4n) is 4.36. The van der Waals surface area contributed by atoms with Crippen molar-refractivity contribution in [3.63, 3.8) is 0 Å². The van der Waals surface area contributed by atoms with E-state index in [1.165, 1.54) is 30.8 Å². The number of aromatic nitrogens is 3. The van der Waals surface area contributed by atoms with Gasteiger partial charge in [0.05, 0.1) is 12.1 Å². The van der Waals surface area contributed by atoms with Crippen LogP contribution in [0.15, 0.2) is 24.4 Å². The Morgan fingerprint density at radius 1 is 1.31 bits per heavy atom. The van der Waals surface area contributed by atoms with Gasteiger partial charge in [-0.25, -0.2) is 14.3 Å². The van der Waals surface area contributed by atoms with E-state index in [-0.39, 0.29) is 35.9 Å². The van der Waals surface area contributed by atoms with Crippen molar-refractivity contribution in [1.82, 2.24) is 25.6 Å². The van der Waals surface area contributed by atoms with Crippen LogP contribution in [-0.2, 0) is 36.8 Å². The van der Waals surface area contributed by atoms with Crippen molar-refractivity contribution >= 4 is 30.9 Å². The fourth-order valence-corrected chi connectivity index (χ4v) is 4.36. The predicted octanol–water partition coefficient (Wildman–Crippen LogP) is -0.0271. The number of nitrogens with one attached hydrogen (secondary N) is 2. The van der Waals surface area contributed by atoms with Crippen molar-refractivity contribution in [3.8, 4) is 11.8 Å². The molecule has 1 saturated heterocycles. The Kier molecular flexibility index (Phi) is 9.89. The van der Waals surface area contributed by atoms with E-state index in [1.54, 1.807) is 19.1 Å². The van der Waals surface area contributed by atoms with Gasteiger partial charge in [0.1, 0.15) is 23.8 Å². The Labute approximate surface area is 241 Å². The number of benzene rings is 1. The maximum absolute atomic E-state index is 12.7. The third kappa shape index (κ3) is 7.69. The minimum atomic E-state index is -1.48. The molecule has 3 heterocycles. The molecule has 15 nitrogen and oxygen atoms in total. The van der Waals surface area contributed by atoms with Gasteiger partial charge in [0, 0.05) is 18.0 Å². The molecule has 2 aromatic rings. The molecule has 1 aromatic carbocycles. The van der Waals surface area contributed by atoms with Crippen molar-refractivity contribution in [2.24, 2.45) is 5.92 Å². The number of rotatable bonds is 10. The summed E-state index contributed by atoms with van der Waals surface area (Å²) < 4.78 is 22.1. The lowest BCUT2D eigenvalue weighted by Crippen LogP contribution is -2.53. The molecule has 0 spiro atoms. The van der Waals surface area contributed by atoms with Gasteiger partial charge in [-0.2, -0.15) is 4.79 Å². The van der Waals surface area contributed by atoms with Crippen LogP contribution in [0.3, 0.4) is 0 Å². The van der Waals surface area contributed by atoms with Gasteiger partial charge in [0.15, 0.2) is 5.60 Å². The predicted molar refractivity (Wildman–Crippen MR) is 145 cm³/mol. The van der Waals surface area contributed by atoms with Gasteiger partial charge in [-0.15, -0.1) is 5.10 Å². The lowest BCUT2D eigenvalue weighted by Gasteiger charge is -2.29. The van der Waals surface area contributed by atoms with Crippen LogP contribution in [0.4, 0.5) is 0 Å². The summed E-state index contributed by atoms with van der Waals surface area (Å²) in [7, 11) is -1.48. The standard InChI is InChI=1S/C26H31BN6O9/c1-4-41-26(2,3)25(37)40-15-39-24(36)18-7-5-6-17-10-20(27(38)42-22(17)18)30-21(34)14-33-13-19(31-32-33)23(35)29-12-16-8-9-28-11-16/h5-7,13,16,20,28,38H,4,8-11,14-15H2,1-3H3/p+1/t16?,20-/m0/s1. The molecule has 2 aliphatic heterocycles. The molecule has 0 aliphatic carbocycles. The number of amides is 2. The summed E-state index contributed by atoms with van der Waals surface area (Å²) in [4.78, 5) is 53.5. The van der Waals surface area contributed by atoms with E-state index in [4.69, 9.17) is 18.9 Å². The summed E-state index contributed by atoms with van der Waals surface area (Å²) >= 11 is 0. The van der Waals surface area contributed by atoms with E-state index in [9.17, 15) is 24.2 Å². The summed E-state index contributed by atoms with van der Waals surface area (Å²) in [5, 5.41) is 24.0. The van der Waals surface area contributed by atoms with E-state index in [1.807, 2.05) is 0 Å². The molecule has 0 saturated carbocycles. The Hall–Kier alpha value is -4.33. The van der Waals surface area contributed by atoms with E-state index < -0.39 is 49.2 Å². The van der Waals surface area contributed by atoms with Crippen LogP contribution in [-0.4, -0.2) is 88.9 Å². The summed E-state index contributed by atoms with van der Waals surface area (Å²) in [6.07, 6.45) is 2.29. The first kappa shape index (κ1) is 30.6. The van der Waals surface area contributed by atoms with Gasteiger partial charge in [-0.1, -0.05) is 17.3 Å². The Morgan fingerprint density at radius 3 is 2.86 bits per heavy atom. The molecule has 42 heavy (non-hydrogen) atoms. The number of hydrogen-bond acceptors (Lipinski definition) is 12. The van der Waals surface area contributed by atoms with Crippen LogP contribution >= 0.6 is 0 Å². The zero-order valence-electron chi connectivity index (χ0n) is 23.5. The molecule has 4 rings (SSSR count). The second-order valence-electron chi connectivity index (χ2n) is 10.1. The van der Waals surface area contributed by atoms with Crippen LogP contribution < -0.4 is 15.3 Å². The van der Waals surface area contributed by atoms with Gasteiger partial charge >= 0.3 is 25.0 Å². The normalized spacial score (nSPS) is 17.8. The van der Waals surface area contributed by atoms with Crippen molar-refractivity contribution in [2.75, 3.05) is 26.5 Å². The quantitative estimate of drug-likeness (QED) is 0.193. The Balaban J connectivity index is 1.30. The molecular formula is C26H32BN6O9+. The molecule has 0 radical (unpaired) electrons. The van der Waals surface area contributed by atoms with E-state index in [0.29, 0.717) is 18.7 Å². The van der Waals surface area contributed by atoms with E-state index in [2.05, 4.69) is 31.9 Å². The minimum absolute atomic E-state index is 0.0142. The molecule has 1 unspecified atom stereocenters. The molecule has 2 amide bonds. The maximum Gasteiger partial charge on any atom is 0.569 e. The van der Waals surface area contributed by atoms with Crippen molar-refractivity contribution < 1.29 is 43.1 Å². The smallest absolute Gasteiger partial charge is 0.534 e. The van der Waals surface area contributed by atoms with Gasteiger partial charge in [0.2, 0.25) is 18.4 Å². The van der Waals surface area contributed by atoms with E-state index in [0.717, 1.165) is 13.0 Å². The van der Waals surface area contributed by atoms with Gasteiger partial charge in [-0.05, 0) is 51.8 Å². The number of para-hydroxylation sites is 1. The second kappa shape index (κ2) is 13.6. The highest BCUT2D eigenvalue weighted by Crippen LogP contribution is 2.30. The summed E-state index contributed by atoms with van der Waals surface area (Å²) in [6.45, 7) is 5.75. The highest BCUT2D eigenvalue weighted by Gasteiger charge is 2.38. The zero-order valence-corrected chi connectivity index (χ0v) is 23.5. The van der Waals surface area contributed by atoms with Crippen LogP contribution in [0.25, 0.3) is 4.85 Å². The molecule has 16 heteroatoms. The second-order valence-corrected chi connectivity index (χ2v) is 10.1. The number of ether oxygens (including phenoxy) is 3. The largest absolute Gasteiger partial charge is 0.569 e. The highest BCUT2D eigenvalue weighted by atomic mass is 16.7. The lowest BCUT2D eigenvalue weighted by atomic mass is 9.72. The van der Waals surface area contributed by atoms with Gasteiger partial charge in [-0.3, -0.25) is 4.79 Å². The first-order valence-corrected chi connectivity index (χ1v) is 13.4. The summed E-state index contributed by atoms with van der Waals surface area (Å²) in [5.74, 6) is -3.35. The topological polar surface area (TPSA) is 185 Å². The van der Waals surface area contributed by atoms with Gasteiger partial charge < -0.3 is 34.5 Å². The zero-order chi connectivity index (χ0) is 30.3. The highest BCUT2D eigenvalue weighted by molar-refractivity contribution is 6.47. The van der Waals surface area contributed by atoms with Crippen LogP contribution in [0.2, 0.25) is 0 Å². The van der Waals surface area contributed by atoms with Crippen molar-refractivity contribution in [2.45, 2.75) is 51.7 Å². The average Bonchev–Trinajstić information content (AvgIpc) is 3.64. The number of carbonyl (C=O) groups is 4. The SMILES string of the molecule is CCOC(C)(C)C(=O)OCOC(=O)c1cccc2c1OB(O)[C@@H](NC(=O)Cn1cc(C(=O)[N+]#CC3CCNC3)nn1)C2. The fraction of sp³-hybridized carbons (Fsp3) is 0.500. The maximum atomic E-state index is 12.7. The van der Waals surface area contributed by atoms with Crippen LogP contribution in [0, 0.1) is 12.0 Å². The Morgan fingerprint density at radius 2 is 2.12 bits per heavy atom. The van der Waals surface area contributed by atoms with Crippen LogP contribution in [0.5, 0.6) is 5.75 Å². The van der Waals surface area contributed by atoms with Gasteiger partial charge in [0.25, 0.3) is 6.07 Å². The first-order chi connectivity index (χ1) is 20.1. The summed E-state index contributed by atoms with van der Waals surface area (Å²) in [5.41, 5.74) is -0.675. The first-order valence-electron chi connectivity index (χ1n) is 13.4. The monoisotopic (exact) mass is 583 g/mol. The number of hydrogen-bond donors (Lipinski definition) is 3. The third-order valence-corrected chi connectivity index (χ3v) is 6.53. The Bertz CT molecular complexity index is 1400. The van der Waals surface area contributed by atoms with Crippen molar-refractivity contribution in [3.05, 3.63) is 46.1 Å². The number of esters is 2. The van der Waals surface area contributed by atoms with E-state index >= 15 is 0 Å². The molecule has 2 aliphatic rings. The molecule has 2 atom stereocenters. The molecular weight excluding hydrogens is 551 g/mol. The molecule has 0 bridgehead atoms. The number of carbonyl (C=O) groups excluding carboxylic acids is 4. The molecule has 1 aromatic heterocycles. The lowest BCUT2D eigenvalue weighted by molar-refractivity contribution is -0.175. The summed E-state index contributed by atoms with van der Waals surface area (Å²) in [6, 6.07) is 7.50. The third-order valence-electron chi connectivity index (χ3n) is 6.53. The number of fused-ring (bicyclic) bond motifs is 1. The molecule has 3 N–H and O–H groups in total. The van der Waals surface area contributed by atoms with Crippen LogP contribution in [0.1, 0.15) is 53.6 Å². The molecule has 222 valence electrons. The number of nitrogens with zero attached hydrogens (tertiary/aromatic N) is 4. The minimum Gasteiger partial charge on any atom is -0.534 e. The average molecular weight is 583 g/mol. The molecule has 1 fully saturated rings. The van der Waals surface area contributed by atoms with Crippen molar-refractivity contribution in [1.29, 1.82) is 0 Å².